The molecule has 0 fully saturated rings. The lowest BCUT2D eigenvalue weighted by Gasteiger charge is -1.94. The Kier molecular flexibility index (Phi) is 3.16. The smallest absolute Gasteiger partial charge is 0.291 e. The SMILES string of the molecule is O=c1/c(=C/c2ccccc2Br)sc2nc(-c3ccco3)nn12. The number of fused-ring (bicyclic) bond motifs is 1. The minimum Gasteiger partial charge on any atom is -0.461 e. The van der Waals surface area contributed by atoms with Gasteiger partial charge in [0, 0.05) is 4.47 Å². The van der Waals surface area contributed by atoms with Crippen molar-refractivity contribution >= 4 is 38.3 Å². The van der Waals surface area contributed by atoms with E-state index in [0.717, 1.165) is 10.0 Å². The normalized spacial score (nSPS) is 12.3. The highest BCUT2D eigenvalue weighted by atomic mass is 79.9. The Hall–Kier alpha value is -2.25. The summed E-state index contributed by atoms with van der Waals surface area (Å²) in [5.41, 5.74) is 0.761. The molecule has 22 heavy (non-hydrogen) atoms. The minimum absolute atomic E-state index is 0.180. The van der Waals surface area contributed by atoms with E-state index < -0.39 is 0 Å². The number of nitrogens with zero attached hydrogens (tertiary/aromatic N) is 3. The fourth-order valence-electron chi connectivity index (χ4n) is 2.08. The van der Waals surface area contributed by atoms with Gasteiger partial charge >= 0.3 is 0 Å². The van der Waals surface area contributed by atoms with E-state index in [2.05, 4.69) is 26.0 Å². The van der Waals surface area contributed by atoms with Crippen molar-refractivity contribution in [1.82, 2.24) is 14.6 Å². The molecule has 0 saturated heterocycles. The molecule has 4 aromatic rings. The first kappa shape index (κ1) is 13.4. The first-order valence-electron chi connectivity index (χ1n) is 6.42. The predicted molar refractivity (Wildman–Crippen MR) is 87.8 cm³/mol. The maximum atomic E-state index is 12.4. The van der Waals surface area contributed by atoms with Crippen LogP contribution in [0.1, 0.15) is 5.56 Å². The van der Waals surface area contributed by atoms with Crippen molar-refractivity contribution in [2.24, 2.45) is 0 Å². The highest BCUT2D eigenvalue weighted by molar-refractivity contribution is 9.10. The van der Waals surface area contributed by atoms with Gasteiger partial charge in [-0.3, -0.25) is 4.79 Å². The lowest BCUT2D eigenvalue weighted by atomic mass is 10.2. The zero-order valence-corrected chi connectivity index (χ0v) is 13.5. The number of benzene rings is 1. The molecule has 0 aliphatic heterocycles. The average Bonchev–Trinajstić information content (AvgIpc) is 3.20. The van der Waals surface area contributed by atoms with E-state index in [1.807, 2.05) is 30.3 Å². The number of hydrogen-bond donors (Lipinski definition) is 0. The number of aromatic nitrogens is 3. The molecule has 7 heteroatoms. The molecular weight excluding hydrogens is 366 g/mol. The molecule has 0 atom stereocenters. The van der Waals surface area contributed by atoms with Crippen molar-refractivity contribution in [2.75, 3.05) is 0 Å². The summed E-state index contributed by atoms with van der Waals surface area (Å²) in [5.74, 6) is 0.965. The average molecular weight is 374 g/mol. The van der Waals surface area contributed by atoms with Crippen molar-refractivity contribution in [1.29, 1.82) is 0 Å². The first-order valence-corrected chi connectivity index (χ1v) is 8.03. The summed E-state index contributed by atoms with van der Waals surface area (Å²) in [4.78, 5) is 17.3. The third-order valence-electron chi connectivity index (χ3n) is 3.12. The van der Waals surface area contributed by atoms with Gasteiger partial charge in [-0.2, -0.15) is 9.50 Å². The van der Waals surface area contributed by atoms with E-state index in [9.17, 15) is 4.79 Å². The maximum Gasteiger partial charge on any atom is 0.291 e. The van der Waals surface area contributed by atoms with Gasteiger partial charge in [0.25, 0.3) is 5.56 Å². The van der Waals surface area contributed by atoms with E-state index in [1.54, 1.807) is 18.4 Å². The summed E-state index contributed by atoms with van der Waals surface area (Å²) < 4.78 is 8.09. The molecule has 0 amide bonds. The topological polar surface area (TPSA) is 60.4 Å². The predicted octanol–water partition coefficient (Wildman–Crippen LogP) is 2.72. The van der Waals surface area contributed by atoms with Crippen LogP contribution in [0.25, 0.3) is 22.6 Å². The second-order valence-electron chi connectivity index (χ2n) is 4.54. The summed E-state index contributed by atoms with van der Waals surface area (Å²) in [5, 5.41) is 4.22. The van der Waals surface area contributed by atoms with Gasteiger partial charge in [-0.15, -0.1) is 5.10 Å². The molecule has 0 aliphatic carbocycles. The van der Waals surface area contributed by atoms with E-state index in [0.29, 0.717) is 21.1 Å². The highest BCUT2D eigenvalue weighted by Crippen LogP contribution is 2.18. The van der Waals surface area contributed by atoms with E-state index in [-0.39, 0.29) is 5.56 Å². The monoisotopic (exact) mass is 373 g/mol. The van der Waals surface area contributed by atoms with Crippen molar-refractivity contribution in [3.63, 3.8) is 0 Å². The van der Waals surface area contributed by atoms with E-state index >= 15 is 0 Å². The van der Waals surface area contributed by atoms with Gasteiger partial charge < -0.3 is 4.42 Å². The molecule has 108 valence electrons. The van der Waals surface area contributed by atoms with E-state index in [1.165, 1.54) is 15.9 Å². The van der Waals surface area contributed by atoms with Crippen molar-refractivity contribution in [2.45, 2.75) is 0 Å². The Labute approximate surface area is 136 Å². The van der Waals surface area contributed by atoms with Crippen LogP contribution < -0.4 is 10.1 Å². The Bertz CT molecular complexity index is 1070. The van der Waals surface area contributed by atoms with Crippen LogP contribution >= 0.6 is 27.3 Å². The first-order chi connectivity index (χ1) is 10.7. The molecule has 4 rings (SSSR count). The third-order valence-corrected chi connectivity index (χ3v) is 4.80. The fourth-order valence-corrected chi connectivity index (χ4v) is 3.38. The Morgan fingerprint density at radius 3 is 2.82 bits per heavy atom. The highest BCUT2D eigenvalue weighted by Gasteiger charge is 2.13. The Morgan fingerprint density at radius 1 is 1.23 bits per heavy atom. The van der Waals surface area contributed by atoms with Gasteiger partial charge in [0.2, 0.25) is 10.8 Å². The van der Waals surface area contributed by atoms with Gasteiger partial charge in [-0.05, 0) is 29.8 Å². The molecule has 0 N–H and O–H groups in total. The summed E-state index contributed by atoms with van der Waals surface area (Å²) in [6.07, 6.45) is 3.38. The summed E-state index contributed by atoms with van der Waals surface area (Å²) >= 11 is 4.78. The van der Waals surface area contributed by atoms with Crippen LogP contribution in [-0.2, 0) is 0 Å². The lowest BCUT2D eigenvalue weighted by Crippen LogP contribution is -2.23. The number of furan rings is 1. The van der Waals surface area contributed by atoms with Crippen LogP contribution in [0.4, 0.5) is 0 Å². The molecule has 0 unspecified atom stereocenters. The van der Waals surface area contributed by atoms with Gasteiger partial charge in [-0.25, -0.2) is 0 Å². The fraction of sp³-hybridized carbons (Fsp3) is 0. The number of thiazole rings is 1. The van der Waals surface area contributed by atoms with Crippen LogP contribution in [-0.4, -0.2) is 14.6 Å². The zero-order valence-electron chi connectivity index (χ0n) is 11.1. The van der Waals surface area contributed by atoms with Crippen LogP contribution in [0.2, 0.25) is 0 Å². The lowest BCUT2D eigenvalue weighted by molar-refractivity contribution is 0.577. The Morgan fingerprint density at radius 2 is 2.09 bits per heavy atom. The molecule has 0 bridgehead atoms. The molecule has 3 heterocycles. The third kappa shape index (κ3) is 2.18. The molecular formula is C15H8BrN3O2S. The van der Waals surface area contributed by atoms with Gasteiger partial charge in [0.05, 0.1) is 10.8 Å². The summed E-state index contributed by atoms with van der Waals surface area (Å²) in [7, 11) is 0. The molecule has 5 nitrogen and oxygen atoms in total. The standard InChI is InChI=1S/C15H8BrN3O2S/c16-10-5-2-1-4-9(10)8-12-14(20)19-15(22-12)17-13(18-19)11-6-3-7-21-11/h1-8H/b12-8-. The molecule has 0 radical (unpaired) electrons. The van der Waals surface area contributed by atoms with Gasteiger partial charge in [0.1, 0.15) is 0 Å². The molecule has 0 spiro atoms. The second kappa shape index (κ2) is 5.19. The molecule has 1 aromatic carbocycles. The van der Waals surface area contributed by atoms with Crippen molar-refractivity contribution < 1.29 is 4.42 Å². The van der Waals surface area contributed by atoms with Crippen LogP contribution in [0.3, 0.4) is 0 Å². The largest absolute Gasteiger partial charge is 0.461 e. The maximum absolute atomic E-state index is 12.4. The number of halogens is 1. The van der Waals surface area contributed by atoms with E-state index in [4.69, 9.17) is 4.42 Å². The Balaban J connectivity index is 1.88. The molecule has 0 aliphatic rings. The molecule has 0 saturated carbocycles. The zero-order chi connectivity index (χ0) is 15.1. The van der Waals surface area contributed by atoms with Crippen molar-refractivity contribution in [3.8, 4) is 11.6 Å². The minimum atomic E-state index is -0.180. The number of rotatable bonds is 2. The summed E-state index contributed by atoms with van der Waals surface area (Å²) in [6, 6.07) is 11.2. The molecule has 3 aromatic heterocycles. The van der Waals surface area contributed by atoms with Crippen LogP contribution in [0.15, 0.2) is 56.3 Å². The number of hydrogen-bond acceptors (Lipinski definition) is 5. The second-order valence-corrected chi connectivity index (χ2v) is 6.41. The van der Waals surface area contributed by atoms with Crippen LogP contribution in [0.5, 0.6) is 0 Å². The quantitative estimate of drug-likeness (QED) is 0.541. The van der Waals surface area contributed by atoms with Gasteiger partial charge in [0.15, 0.2) is 5.76 Å². The van der Waals surface area contributed by atoms with Crippen molar-refractivity contribution in [3.05, 3.63) is 67.6 Å². The summed E-state index contributed by atoms with van der Waals surface area (Å²) in [6.45, 7) is 0. The van der Waals surface area contributed by atoms with Gasteiger partial charge in [-0.1, -0.05) is 45.5 Å². The van der Waals surface area contributed by atoms with Crippen LogP contribution in [0, 0.1) is 0 Å².